The Morgan fingerprint density at radius 2 is 2.29 bits per heavy atom. The number of nitrogens with one attached hydrogen (secondary N) is 1. The Balaban J connectivity index is 2.05. The predicted molar refractivity (Wildman–Crippen MR) is 72.1 cm³/mol. The van der Waals surface area contributed by atoms with Crippen LogP contribution in [0.2, 0.25) is 5.02 Å². The Bertz CT molecular complexity index is 583. The second kappa shape index (κ2) is 6.23. The average Bonchev–Trinajstić information content (AvgIpc) is 2.88. The second-order valence-corrected chi connectivity index (χ2v) is 4.99. The molecule has 0 radical (unpaired) electrons. The number of hydrogen-bond donors (Lipinski definition) is 2. The van der Waals surface area contributed by atoms with Crippen molar-refractivity contribution in [2.45, 2.75) is 25.0 Å². The number of nitro groups is 1. The average molecular weight is 319 g/mol. The summed E-state index contributed by atoms with van der Waals surface area (Å²) in [5.41, 5.74) is -0.376. The van der Waals surface area contributed by atoms with E-state index in [1.165, 1.54) is 0 Å². The predicted octanol–water partition coefficient (Wildman–Crippen LogP) is 2.43. The third-order valence-electron chi connectivity index (χ3n) is 3.14. The van der Waals surface area contributed by atoms with Crippen LogP contribution in [0, 0.1) is 15.9 Å². The zero-order valence-electron chi connectivity index (χ0n) is 10.7. The molecule has 0 amide bonds. The number of carboxylic acid groups (broad SMARTS) is 1. The van der Waals surface area contributed by atoms with E-state index in [0.717, 1.165) is 12.1 Å². The van der Waals surface area contributed by atoms with Crippen molar-refractivity contribution in [3.05, 3.63) is 33.1 Å². The van der Waals surface area contributed by atoms with Gasteiger partial charge in [0.25, 0.3) is 5.69 Å². The molecule has 0 aromatic heterocycles. The van der Waals surface area contributed by atoms with Crippen molar-refractivity contribution in [1.82, 2.24) is 0 Å². The van der Waals surface area contributed by atoms with Gasteiger partial charge in [0.15, 0.2) is 6.10 Å². The lowest BCUT2D eigenvalue weighted by Gasteiger charge is -2.13. The van der Waals surface area contributed by atoms with E-state index >= 15 is 0 Å². The van der Waals surface area contributed by atoms with Crippen LogP contribution in [0.15, 0.2) is 12.1 Å². The normalized spacial score (nSPS) is 21.2. The summed E-state index contributed by atoms with van der Waals surface area (Å²) in [4.78, 5) is 21.0. The number of benzene rings is 1. The summed E-state index contributed by atoms with van der Waals surface area (Å²) in [7, 11) is 0. The molecule has 2 N–H and O–H groups in total. The lowest BCUT2D eigenvalue weighted by atomic mass is 10.2. The topological polar surface area (TPSA) is 102 Å². The molecule has 1 heterocycles. The number of nitro benzene ring substituents is 1. The van der Waals surface area contributed by atoms with Gasteiger partial charge in [-0.2, -0.15) is 0 Å². The largest absolute Gasteiger partial charge is 0.479 e. The lowest BCUT2D eigenvalue weighted by Crippen LogP contribution is -2.24. The number of hydrogen-bond acceptors (Lipinski definition) is 5. The summed E-state index contributed by atoms with van der Waals surface area (Å²) in [5.74, 6) is -1.82. The molecule has 1 aromatic rings. The zero-order valence-corrected chi connectivity index (χ0v) is 11.5. The Morgan fingerprint density at radius 1 is 1.57 bits per heavy atom. The molecule has 2 rings (SSSR count). The highest BCUT2D eigenvalue weighted by atomic mass is 35.5. The van der Waals surface area contributed by atoms with Gasteiger partial charge >= 0.3 is 5.97 Å². The standard InChI is InChI=1S/C12H12ClFN2O5/c13-7-3-10(16(19)20)9(4-8(7)14)15-5-6-1-2-11(21-6)12(17)18/h3-4,6,11,15H,1-2,5H2,(H,17,18). The van der Waals surface area contributed by atoms with Crippen molar-refractivity contribution < 1.29 is 24.0 Å². The van der Waals surface area contributed by atoms with Gasteiger partial charge in [0.05, 0.1) is 16.0 Å². The van der Waals surface area contributed by atoms with E-state index < -0.39 is 28.9 Å². The van der Waals surface area contributed by atoms with E-state index in [-0.39, 0.29) is 22.9 Å². The molecule has 0 saturated carbocycles. The number of ether oxygens (including phenoxy) is 1. The van der Waals surface area contributed by atoms with Gasteiger partial charge in [-0.15, -0.1) is 0 Å². The van der Waals surface area contributed by atoms with Gasteiger partial charge in [0.2, 0.25) is 0 Å². The molecule has 114 valence electrons. The molecule has 1 saturated heterocycles. The van der Waals surface area contributed by atoms with Crippen LogP contribution in [0.3, 0.4) is 0 Å². The van der Waals surface area contributed by atoms with Crippen molar-refractivity contribution in [2.75, 3.05) is 11.9 Å². The van der Waals surface area contributed by atoms with E-state index in [2.05, 4.69) is 5.32 Å². The molecule has 1 aromatic carbocycles. The fourth-order valence-corrected chi connectivity index (χ4v) is 2.25. The molecular formula is C12H12ClFN2O5. The smallest absolute Gasteiger partial charge is 0.332 e. The van der Waals surface area contributed by atoms with Crippen LogP contribution in [0.4, 0.5) is 15.8 Å². The molecule has 9 heteroatoms. The third-order valence-corrected chi connectivity index (χ3v) is 3.43. The first kappa shape index (κ1) is 15.5. The van der Waals surface area contributed by atoms with Crippen LogP contribution in [0.1, 0.15) is 12.8 Å². The Hall–Kier alpha value is -1.93. The first-order valence-electron chi connectivity index (χ1n) is 6.14. The zero-order chi connectivity index (χ0) is 15.6. The number of rotatable bonds is 5. The van der Waals surface area contributed by atoms with Crippen LogP contribution in [0.5, 0.6) is 0 Å². The van der Waals surface area contributed by atoms with Crippen molar-refractivity contribution in [3.8, 4) is 0 Å². The van der Waals surface area contributed by atoms with E-state index in [4.69, 9.17) is 21.4 Å². The van der Waals surface area contributed by atoms with Crippen molar-refractivity contribution >= 4 is 28.9 Å². The SMILES string of the molecule is O=C(O)C1CCC(CNc2cc(F)c(Cl)cc2[N+](=O)[O-])O1. The minimum atomic E-state index is -1.04. The number of halogens is 2. The van der Waals surface area contributed by atoms with Gasteiger partial charge in [-0.3, -0.25) is 10.1 Å². The molecule has 2 atom stereocenters. The number of nitrogens with zero attached hydrogens (tertiary/aromatic N) is 1. The minimum Gasteiger partial charge on any atom is -0.479 e. The molecule has 0 spiro atoms. The summed E-state index contributed by atoms with van der Waals surface area (Å²) < 4.78 is 18.6. The van der Waals surface area contributed by atoms with Gasteiger partial charge in [-0.1, -0.05) is 11.6 Å². The number of carboxylic acids is 1. The van der Waals surface area contributed by atoms with Gasteiger partial charge < -0.3 is 15.2 Å². The summed E-state index contributed by atoms with van der Waals surface area (Å²) in [6, 6.07) is 1.86. The Labute approximate surface area is 123 Å². The maximum atomic E-state index is 13.4. The highest BCUT2D eigenvalue weighted by molar-refractivity contribution is 6.31. The summed E-state index contributed by atoms with van der Waals surface area (Å²) >= 11 is 5.51. The highest BCUT2D eigenvalue weighted by Gasteiger charge is 2.30. The van der Waals surface area contributed by atoms with E-state index in [9.17, 15) is 19.3 Å². The number of carbonyl (C=O) groups is 1. The van der Waals surface area contributed by atoms with Crippen LogP contribution in [0.25, 0.3) is 0 Å². The molecule has 0 bridgehead atoms. The second-order valence-electron chi connectivity index (χ2n) is 4.58. The maximum absolute atomic E-state index is 13.4. The van der Waals surface area contributed by atoms with E-state index in [1.807, 2.05) is 0 Å². The van der Waals surface area contributed by atoms with E-state index in [1.54, 1.807) is 0 Å². The lowest BCUT2D eigenvalue weighted by molar-refractivity contribution is -0.384. The first-order valence-corrected chi connectivity index (χ1v) is 6.52. The maximum Gasteiger partial charge on any atom is 0.332 e. The quantitative estimate of drug-likeness (QED) is 0.638. The summed E-state index contributed by atoms with van der Waals surface area (Å²) in [5, 5.41) is 22.1. The third kappa shape index (κ3) is 3.59. The fraction of sp³-hybridized carbons (Fsp3) is 0.417. The van der Waals surface area contributed by atoms with Crippen LogP contribution < -0.4 is 5.32 Å². The Morgan fingerprint density at radius 3 is 2.86 bits per heavy atom. The van der Waals surface area contributed by atoms with Crippen molar-refractivity contribution in [2.24, 2.45) is 0 Å². The van der Waals surface area contributed by atoms with Crippen LogP contribution in [-0.4, -0.2) is 34.8 Å². The molecule has 1 aliphatic rings. The van der Waals surface area contributed by atoms with Gasteiger partial charge in [-0.05, 0) is 12.8 Å². The molecule has 21 heavy (non-hydrogen) atoms. The summed E-state index contributed by atoms with van der Waals surface area (Å²) in [6.45, 7) is 0.145. The highest BCUT2D eigenvalue weighted by Crippen LogP contribution is 2.31. The molecule has 1 fully saturated rings. The first-order chi connectivity index (χ1) is 9.88. The van der Waals surface area contributed by atoms with Gasteiger partial charge in [0, 0.05) is 18.7 Å². The van der Waals surface area contributed by atoms with Gasteiger partial charge in [0.1, 0.15) is 11.5 Å². The molecular weight excluding hydrogens is 307 g/mol. The fourth-order valence-electron chi connectivity index (χ4n) is 2.09. The van der Waals surface area contributed by atoms with E-state index in [0.29, 0.717) is 12.8 Å². The van der Waals surface area contributed by atoms with Crippen LogP contribution in [-0.2, 0) is 9.53 Å². The molecule has 2 unspecified atom stereocenters. The van der Waals surface area contributed by atoms with Crippen LogP contribution >= 0.6 is 11.6 Å². The van der Waals surface area contributed by atoms with Crippen molar-refractivity contribution in [1.29, 1.82) is 0 Å². The molecule has 0 aliphatic carbocycles. The summed E-state index contributed by atoms with van der Waals surface area (Å²) in [6.07, 6.45) is -0.384. The number of aliphatic carboxylic acids is 1. The Kier molecular flexibility index (Phi) is 4.59. The van der Waals surface area contributed by atoms with Crippen molar-refractivity contribution in [3.63, 3.8) is 0 Å². The minimum absolute atomic E-state index is 0.0238. The monoisotopic (exact) mass is 318 g/mol. The van der Waals surface area contributed by atoms with Gasteiger partial charge in [-0.25, -0.2) is 9.18 Å². The molecule has 1 aliphatic heterocycles. The molecule has 7 nitrogen and oxygen atoms in total. The number of anilines is 1.